The number of aliphatic hydroxyl groups is 1. The lowest BCUT2D eigenvalue weighted by molar-refractivity contribution is -0.0325. The molecule has 28 heavy (non-hydrogen) atoms. The topological polar surface area (TPSA) is 35.9 Å². The minimum atomic E-state index is -0.422. The van der Waals surface area contributed by atoms with E-state index in [1.54, 1.807) is 0 Å². The van der Waals surface area contributed by atoms with Crippen LogP contribution in [0.4, 0.5) is 0 Å². The van der Waals surface area contributed by atoms with Gasteiger partial charge in [-0.3, -0.25) is 9.80 Å². The van der Waals surface area contributed by atoms with Crippen molar-refractivity contribution in [2.75, 3.05) is 39.3 Å². The van der Waals surface area contributed by atoms with Gasteiger partial charge in [0, 0.05) is 39.3 Å². The first-order valence-corrected chi connectivity index (χ1v) is 10.6. The number of aryl methyl sites for hydroxylation is 1. The number of rotatable bonds is 7. The highest BCUT2D eigenvalue weighted by Crippen LogP contribution is 2.32. The molecule has 0 spiro atoms. The van der Waals surface area contributed by atoms with E-state index in [0.29, 0.717) is 13.2 Å². The molecule has 2 atom stereocenters. The fraction of sp³-hybridized carbons (Fsp3) is 0.500. The van der Waals surface area contributed by atoms with E-state index in [2.05, 4.69) is 64.4 Å². The maximum absolute atomic E-state index is 10.5. The van der Waals surface area contributed by atoms with Gasteiger partial charge >= 0.3 is 0 Å². The maximum Gasteiger partial charge on any atom is 0.0900 e. The van der Waals surface area contributed by atoms with Crippen LogP contribution in [-0.4, -0.2) is 60.3 Å². The van der Waals surface area contributed by atoms with E-state index in [4.69, 9.17) is 4.74 Å². The predicted molar refractivity (Wildman–Crippen MR) is 112 cm³/mol. The zero-order chi connectivity index (χ0) is 19.2. The molecule has 150 valence electrons. The highest BCUT2D eigenvalue weighted by atomic mass is 16.5. The summed E-state index contributed by atoms with van der Waals surface area (Å²) >= 11 is 0. The van der Waals surface area contributed by atoms with E-state index >= 15 is 0 Å². The number of aliphatic hydroxyl groups excluding tert-OH is 1. The number of benzene rings is 2. The van der Waals surface area contributed by atoms with Gasteiger partial charge < -0.3 is 9.84 Å². The van der Waals surface area contributed by atoms with Crippen LogP contribution < -0.4 is 0 Å². The molecule has 0 bridgehead atoms. The Morgan fingerprint density at radius 1 is 0.929 bits per heavy atom. The molecule has 0 unspecified atom stereocenters. The van der Waals surface area contributed by atoms with Crippen molar-refractivity contribution >= 4 is 0 Å². The summed E-state index contributed by atoms with van der Waals surface area (Å²) < 4.78 is 6.13. The second kappa shape index (κ2) is 9.66. The van der Waals surface area contributed by atoms with Gasteiger partial charge in [0.1, 0.15) is 0 Å². The summed E-state index contributed by atoms with van der Waals surface area (Å²) in [6.07, 6.45) is 3.09. The summed E-state index contributed by atoms with van der Waals surface area (Å²) in [5.74, 6) is 0. The molecule has 1 aliphatic carbocycles. The number of nitrogens with zero attached hydrogens (tertiary/aromatic N) is 2. The molecule has 1 fully saturated rings. The number of β-amino-alcohol motifs (C(OH)–C–C–N with tert-alkyl or cyclic N) is 1. The van der Waals surface area contributed by atoms with Crippen molar-refractivity contribution in [1.82, 2.24) is 9.80 Å². The lowest BCUT2D eigenvalue weighted by Gasteiger charge is -2.36. The molecule has 4 rings (SSSR count). The average Bonchev–Trinajstić information content (AvgIpc) is 2.74. The number of piperazine rings is 1. The number of ether oxygens (including phenoxy) is 1. The summed E-state index contributed by atoms with van der Waals surface area (Å²) in [7, 11) is 0. The van der Waals surface area contributed by atoms with E-state index in [1.165, 1.54) is 23.1 Å². The van der Waals surface area contributed by atoms with Crippen LogP contribution >= 0.6 is 0 Å². The van der Waals surface area contributed by atoms with Crippen molar-refractivity contribution in [2.24, 2.45) is 0 Å². The van der Waals surface area contributed by atoms with E-state index in [9.17, 15) is 5.11 Å². The first-order chi connectivity index (χ1) is 13.8. The van der Waals surface area contributed by atoms with Gasteiger partial charge in [0.15, 0.2) is 0 Å². The largest absolute Gasteiger partial charge is 0.389 e. The van der Waals surface area contributed by atoms with Gasteiger partial charge in [0.25, 0.3) is 0 Å². The van der Waals surface area contributed by atoms with Crippen LogP contribution in [0, 0.1) is 0 Å². The van der Waals surface area contributed by atoms with Crippen LogP contribution in [0.3, 0.4) is 0 Å². The zero-order valence-electron chi connectivity index (χ0n) is 16.7. The van der Waals surface area contributed by atoms with Crippen LogP contribution in [-0.2, 0) is 17.7 Å². The van der Waals surface area contributed by atoms with Crippen LogP contribution in [0.15, 0.2) is 54.6 Å². The minimum Gasteiger partial charge on any atom is -0.389 e. The molecule has 4 nitrogen and oxygen atoms in total. The monoisotopic (exact) mass is 380 g/mol. The first-order valence-electron chi connectivity index (χ1n) is 10.6. The Morgan fingerprint density at radius 3 is 2.46 bits per heavy atom. The van der Waals surface area contributed by atoms with E-state index in [-0.39, 0.29) is 6.10 Å². The highest BCUT2D eigenvalue weighted by molar-refractivity contribution is 5.31. The molecule has 2 aromatic carbocycles. The van der Waals surface area contributed by atoms with Crippen LogP contribution in [0.5, 0.6) is 0 Å². The molecule has 2 aliphatic rings. The Morgan fingerprint density at radius 2 is 1.64 bits per heavy atom. The SMILES string of the molecule is O[C@H](CO[C@H]1CCCc2ccccc21)CN1CCN(Cc2ccccc2)CC1. The van der Waals surface area contributed by atoms with Crippen molar-refractivity contribution in [3.63, 3.8) is 0 Å². The van der Waals surface area contributed by atoms with Crippen molar-refractivity contribution in [2.45, 2.75) is 38.0 Å². The first kappa shape index (κ1) is 19.6. The number of fused-ring (bicyclic) bond motifs is 1. The third-order valence-electron chi connectivity index (χ3n) is 5.99. The molecular weight excluding hydrogens is 348 g/mol. The van der Waals surface area contributed by atoms with Gasteiger partial charge in [-0.15, -0.1) is 0 Å². The molecule has 1 aliphatic heterocycles. The Bertz CT molecular complexity index is 728. The molecule has 0 saturated carbocycles. The summed E-state index contributed by atoms with van der Waals surface area (Å²) in [5.41, 5.74) is 4.09. The Kier molecular flexibility index (Phi) is 6.76. The second-order valence-corrected chi connectivity index (χ2v) is 8.13. The van der Waals surface area contributed by atoms with Gasteiger partial charge in [-0.2, -0.15) is 0 Å². The van der Waals surface area contributed by atoms with Gasteiger partial charge in [0.05, 0.1) is 18.8 Å². The van der Waals surface area contributed by atoms with Crippen molar-refractivity contribution < 1.29 is 9.84 Å². The molecule has 1 N–H and O–H groups in total. The van der Waals surface area contributed by atoms with Gasteiger partial charge in [0.2, 0.25) is 0 Å². The summed E-state index contributed by atoms with van der Waals surface area (Å²) in [5, 5.41) is 10.5. The summed E-state index contributed by atoms with van der Waals surface area (Å²) in [6.45, 7) is 6.27. The van der Waals surface area contributed by atoms with Crippen molar-refractivity contribution in [1.29, 1.82) is 0 Å². The third-order valence-corrected chi connectivity index (χ3v) is 5.99. The van der Waals surface area contributed by atoms with E-state index in [1.807, 2.05) is 0 Å². The van der Waals surface area contributed by atoms with Gasteiger partial charge in [-0.1, -0.05) is 54.6 Å². The van der Waals surface area contributed by atoms with E-state index < -0.39 is 6.10 Å². The fourth-order valence-electron chi connectivity index (χ4n) is 4.43. The summed E-state index contributed by atoms with van der Waals surface area (Å²) in [4.78, 5) is 4.86. The Balaban J connectivity index is 1.19. The summed E-state index contributed by atoms with van der Waals surface area (Å²) in [6, 6.07) is 19.2. The second-order valence-electron chi connectivity index (χ2n) is 8.13. The lowest BCUT2D eigenvalue weighted by atomic mass is 9.89. The molecule has 1 heterocycles. The normalized spacial score (nSPS) is 22.0. The average molecular weight is 381 g/mol. The van der Waals surface area contributed by atoms with Crippen LogP contribution in [0.25, 0.3) is 0 Å². The maximum atomic E-state index is 10.5. The predicted octanol–water partition coefficient (Wildman–Crippen LogP) is 3.26. The zero-order valence-corrected chi connectivity index (χ0v) is 16.7. The number of hydrogen-bond donors (Lipinski definition) is 1. The third kappa shape index (κ3) is 5.21. The Hall–Kier alpha value is -1.72. The minimum absolute atomic E-state index is 0.141. The van der Waals surface area contributed by atoms with Crippen LogP contribution in [0.2, 0.25) is 0 Å². The highest BCUT2D eigenvalue weighted by Gasteiger charge is 2.23. The standard InChI is InChI=1S/C24H32N2O2/c27-22(19-28-24-12-6-10-21-9-4-5-11-23(21)24)18-26-15-13-25(14-16-26)17-20-7-2-1-3-8-20/h1-5,7-9,11,22,24,27H,6,10,12-19H2/t22-,24-/m0/s1. The smallest absolute Gasteiger partial charge is 0.0900 e. The van der Waals surface area contributed by atoms with Gasteiger partial charge in [-0.25, -0.2) is 0 Å². The lowest BCUT2D eigenvalue weighted by Crippen LogP contribution is -2.48. The molecule has 1 saturated heterocycles. The van der Waals surface area contributed by atoms with Crippen molar-refractivity contribution in [3.8, 4) is 0 Å². The van der Waals surface area contributed by atoms with Crippen LogP contribution in [0.1, 0.15) is 35.6 Å². The number of hydrogen-bond acceptors (Lipinski definition) is 4. The molecule has 2 aromatic rings. The Labute approximate surface area is 168 Å². The molecule has 4 heteroatoms. The molecule has 0 radical (unpaired) electrons. The fourth-order valence-corrected chi connectivity index (χ4v) is 4.43. The van der Waals surface area contributed by atoms with E-state index in [0.717, 1.165) is 45.6 Å². The van der Waals surface area contributed by atoms with Gasteiger partial charge in [-0.05, 0) is 36.0 Å². The quantitative estimate of drug-likeness (QED) is 0.800. The molecule has 0 amide bonds. The molecule has 0 aromatic heterocycles. The van der Waals surface area contributed by atoms with Crippen molar-refractivity contribution in [3.05, 3.63) is 71.3 Å². The molecular formula is C24H32N2O2.